The Morgan fingerprint density at radius 3 is 2.94 bits per heavy atom. The third-order valence-corrected chi connectivity index (χ3v) is 3.69. The number of benzene rings is 1. The Hall–Kier alpha value is -1.61. The normalized spacial score (nSPS) is 13.9. The number of aldehydes is 1. The lowest BCUT2D eigenvalue weighted by molar-refractivity contribution is 0.112. The summed E-state index contributed by atoms with van der Waals surface area (Å²) in [7, 11) is 0. The van der Waals surface area contributed by atoms with E-state index in [0.717, 1.165) is 29.3 Å². The summed E-state index contributed by atoms with van der Waals surface area (Å²) in [6.07, 6.45) is 2.42. The van der Waals surface area contributed by atoms with Gasteiger partial charge in [0.05, 0.1) is 16.1 Å². The second-order valence-corrected chi connectivity index (χ2v) is 4.60. The van der Waals surface area contributed by atoms with Crippen molar-refractivity contribution in [2.75, 3.05) is 0 Å². The first kappa shape index (κ1) is 10.5. The predicted molar refractivity (Wildman–Crippen MR) is 66.9 cm³/mol. The van der Waals surface area contributed by atoms with Gasteiger partial charge in [-0.15, -0.1) is 0 Å². The second-order valence-electron chi connectivity index (χ2n) is 4.22. The zero-order valence-corrected chi connectivity index (χ0v) is 9.83. The molecule has 3 rings (SSSR count). The molecule has 3 nitrogen and oxygen atoms in total. The molecule has 0 unspecified atom stereocenters. The predicted octanol–water partition coefficient (Wildman–Crippen LogP) is 2.41. The van der Waals surface area contributed by atoms with E-state index in [-0.39, 0.29) is 16.1 Å². The maximum absolute atomic E-state index is 12.1. The zero-order chi connectivity index (χ0) is 12.0. The van der Waals surface area contributed by atoms with Gasteiger partial charge in [0.2, 0.25) is 0 Å². The summed E-state index contributed by atoms with van der Waals surface area (Å²) in [5.74, 6) is 0. The number of aryl methyl sites for hydroxylation is 2. The van der Waals surface area contributed by atoms with Crippen LogP contribution in [0, 0.1) is 0 Å². The van der Waals surface area contributed by atoms with Crippen LogP contribution in [-0.4, -0.2) is 10.9 Å². The van der Waals surface area contributed by atoms with Crippen LogP contribution in [0.15, 0.2) is 23.0 Å². The Labute approximate surface area is 103 Å². The molecule has 0 spiro atoms. The Morgan fingerprint density at radius 2 is 2.18 bits per heavy atom. The molecule has 1 aliphatic rings. The molecular formula is C13H10ClNO2. The van der Waals surface area contributed by atoms with Gasteiger partial charge >= 0.3 is 0 Å². The molecule has 2 heterocycles. The fraction of sp³-hybridized carbons (Fsp3) is 0.231. The van der Waals surface area contributed by atoms with Gasteiger partial charge in [0.25, 0.3) is 5.56 Å². The zero-order valence-electron chi connectivity index (χ0n) is 9.07. The first-order chi connectivity index (χ1) is 8.24. The molecule has 0 N–H and O–H groups in total. The number of carbonyl (C=O) groups is 1. The van der Waals surface area contributed by atoms with Crippen LogP contribution in [0.1, 0.15) is 22.3 Å². The topological polar surface area (TPSA) is 39.1 Å². The standard InChI is InChI=1S/C13H10ClNO2/c14-11-9-5-1-3-8-4-2-6-15(12(8)9)13(17)10(11)7-16/h1,3,5,7H,2,4,6H2. The fourth-order valence-corrected chi connectivity index (χ4v) is 2.80. The summed E-state index contributed by atoms with van der Waals surface area (Å²) >= 11 is 6.13. The Bertz CT molecular complexity index is 688. The van der Waals surface area contributed by atoms with E-state index in [4.69, 9.17) is 11.6 Å². The second kappa shape index (κ2) is 3.70. The van der Waals surface area contributed by atoms with Gasteiger partial charge in [0.1, 0.15) is 0 Å². The van der Waals surface area contributed by atoms with Gasteiger partial charge in [-0.2, -0.15) is 0 Å². The summed E-state index contributed by atoms with van der Waals surface area (Å²) in [4.78, 5) is 23.1. The highest BCUT2D eigenvalue weighted by molar-refractivity contribution is 6.37. The number of halogens is 1. The molecule has 86 valence electrons. The van der Waals surface area contributed by atoms with Crippen LogP contribution in [0.5, 0.6) is 0 Å². The number of nitrogens with zero attached hydrogens (tertiary/aromatic N) is 1. The van der Waals surface area contributed by atoms with E-state index < -0.39 is 0 Å². The van der Waals surface area contributed by atoms with Crippen molar-refractivity contribution in [3.63, 3.8) is 0 Å². The fourth-order valence-electron chi connectivity index (χ4n) is 2.52. The van der Waals surface area contributed by atoms with Gasteiger partial charge in [-0.3, -0.25) is 9.59 Å². The maximum atomic E-state index is 12.1. The van der Waals surface area contributed by atoms with Crippen molar-refractivity contribution < 1.29 is 4.79 Å². The van der Waals surface area contributed by atoms with Gasteiger partial charge in [0.15, 0.2) is 6.29 Å². The van der Waals surface area contributed by atoms with E-state index in [1.54, 1.807) is 4.57 Å². The monoisotopic (exact) mass is 247 g/mol. The molecule has 4 heteroatoms. The first-order valence-corrected chi connectivity index (χ1v) is 5.91. The minimum atomic E-state index is -0.273. The van der Waals surface area contributed by atoms with Gasteiger partial charge < -0.3 is 4.57 Å². The lowest BCUT2D eigenvalue weighted by Gasteiger charge is -2.20. The molecule has 0 aliphatic carbocycles. The van der Waals surface area contributed by atoms with Crippen molar-refractivity contribution in [3.05, 3.63) is 44.7 Å². The van der Waals surface area contributed by atoms with Gasteiger partial charge in [-0.1, -0.05) is 29.8 Å². The van der Waals surface area contributed by atoms with Crippen molar-refractivity contribution in [3.8, 4) is 0 Å². The molecule has 0 atom stereocenters. The van der Waals surface area contributed by atoms with Crippen molar-refractivity contribution in [2.24, 2.45) is 0 Å². The average molecular weight is 248 g/mol. The van der Waals surface area contributed by atoms with Gasteiger partial charge in [-0.05, 0) is 18.4 Å². The van der Waals surface area contributed by atoms with Crippen LogP contribution in [0.4, 0.5) is 0 Å². The third-order valence-electron chi connectivity index (χ3n) is 3.28. The summed E-state index contributed by atoms with van der Waals surface area (Å²) in [5, 5.41) is 1.07. The highest BCUT2D eigenvalue weighted by Crippen LogP contribution is 2.29. The first-order valence-electron chi connectivity index (χ1n) is 5.53. The minimum Gasteiger partial charge on any atom is -0.307 e. The van der Waals surface area contributed by atoms with Crippen LogP contribution in [-0.2, 0) is 13.0 Å². The summed E-state index contributed by atoms with van der Waals surface area (Å²) < 4.78 is 1.67. The molecule has 1 aromatic carbocycles. The Morgan fingerprint density at radius 1 is 1.35 bits per heavy atom. The van der Waals surface area contributed by atoms with Crippen LogP contribution < -0.4 is 5.56 Å². The van der Waals surface area contributed by atoms with E-state index in [2.05, 4.69) is 0 Å². The number of hydrogen-bond acceptors (Lipinski definition) is 2. The summed E-state index contributed by atoms with van der Waals surface area (Å²) in [6, 6.07) is 5.78. The van der Waals surface area contributed by atoms with Crippen LogP contribution in [0.2, 0.25) is 5.02 Å². The highest BCUT2D eigenvalue weighted by Gasteiger charge is 2.19. The third kappa shape index (κ3) is 1.35. The number of carbonyl (C=O) groups excluding carboxylic acids is 1. The number of hydrogen-bond donors (Lipinski definition) is 0. The molecule has 1 aromatic heterocycles. The maximum Gasteiger partial charge on any atom is 0.263 e. The molecule has 1 aliphatic heterocycles. The molecule has 2 aromatic rings. The number of rotatable bonds is 1. The van der Waals surface area contributed by atoms with Crippen LogP contribution >= 0.6 is 11.6 Å². The van der Waals surface area contributed by atoms with Gasteiger partial charge in [0, 0.05) is 11.9 Å². The number of pyridine rings is 1. The minimum absolute atomic E-state index is 0.0678. The van der Waals surface area contributed by atoms with Crippen LogP contribution in [0.3, 0.4) is 0 Å². The lowest BCUT2D eigenvalue weighted by atomic mass is 10.0. The summed E-state index contributed by atoms with van der Waals surface area (Å²) in [5.41, 5.74) is 1.81. The molecule has 0 amide bonds. The average Bonchev–Trinajstić information content (AvgIpc) is 2.36. The highest BCUT2D eigenvalue weighted by atomic mass is 35.5. The summed E-state index contributed by atoms with van der Waals surface area (Å²) in [6.45, 7) is 0.657. The molecule has 0 fully saturated rings. The lowest BCUT2D eigenvalue weighted by Crippen LogP contribution is -2.27. The van der Waals surface area contributed by atoms with E-state index >= 15 is 0 Å². The Kier molecular flexibility index (Phi) is 2.30. The quantitative estimate of drug-likeness (QED) is 0.726. The van der Waals surface area contributed by atoms with E-state index in [1.807, 2.05) is 18.2 Å². The van der Waals surface area contributed by atoms with E-state index in [9.17, 15) is 9.59 Å². The largest absolute Gasteiger partial charge is 0.307 e. The SMILES string of the molecule is O=Cc1c(Cl)c2cccc3c2n(c1=O)CCC3. The number of para-hydroxylation sites is 1. The van der Waals surface area contributed by atoms with Crippen molar-refractivity contribution in [2.45, 2.75) is 19.4 Å². The molecule has 0 saturated heterocycles. The van der Waals surface area contributed by atoms with Crippen molar-refractivity contribution in [1.82, 2.24) is 4.57 Å². The van der Waals surface area contributed by atoms with Crippen molar-refractivity contribution >= 4 is 28.8 Å². The van der Waals surface area contributed by atoms with Crippen LogP contribution in [0.25, 0.3) is 10.9 Å². The smallest absolute Gasteiger partial charge is 0.263 e. The molecule has 0 radical (unpaired) electrons. The molecule has 17 heavy (non-hydrogen) atoms. The molecule has 0 saturated carbocycles. The van der Waals surface area contributed by atoms with Gasteiger partial charge in [-0.25, -0.2) is 0 Å². The van der Waals surface area contributed by atoms with E-state index in [1.165, 1.54) is 0 Å². The van der Waals surface area contributed by atoms with Crippen molar-refractivity contribution in [1.29, 1.82) is 0 Å². The number of aromatic nitrogens is 1. The van der Waals surface area contributed by atoms with E-state index in [0.29, 0.717) is 12.8 Å². The Balaban J connectivity index is 2.61. The molecular weight excluding hydrogens is 238 g/mol. The molecule has 0 bridgehead atoms.